The summed E-state index contributed by atoms with van der Waals surface area (Å²) in [6.07, 6.45) is 2.48. The van der Waals surface area contributed by atoms with Crippen LogP contribution in [-0.4, -0.2) is 83.5 Å². The van der Waals surface area contributed by atoms with Crippen molar-refractivity contribution in [2.75, 3.05) is 10.9 Å². The number of hydrogen-bond acceptors (Lipinski definition) is 16. The van der Waals surface area contributed by atoms with Crippen LogP contribution in [-0.2, 0) is 0 Å². The number of phenolic OH excluding ortho intramolecular Hbond substituents is 6. The van der Waals surface area contributed by atoms with E-state index < -0.39 is 11.5 Å². The highest BCUT2D eigenvalue weighted by atomic mass is 16.3. The molecule has 314 valence electrons. The first-order chi connectivity index (χ1) is 29.8. The maximum absolute atomic E-state index is 12.5. The fourth-order valence-electron chi connectivity index (χ4n) is 7.93. The van der Waals surface area contributed by atoms with Gasteiger partial charge in [-0.25, -0.2) is 10.9 Å². The number of hydrogen-bond donors (Lipinski definition) is 8. The summed E-state index contributed by atoms with van der Waals surface area (Å²) in [5.74, 6) is -2.81. The van der Waals surface area contributed by atoms with Crippen molar-refractivity contribution < 1.29 is 30.6 Å². The number of tetrazole rings is 2. The van der Waals surface area contributed by atoms with Gasteiger partial charge in [-0.05, 0) is 92.7 Å². The fraction of sp³-hybridized carbons (Fsp3) is 0.182. The van der Waals surface area contributed by atoms with Gasteiger partial charge in [0.05, 0.1) is 34.9 Å². The molecule has 2 heterocycles. The number of anilines is 2. The highest BCUT2D eigenvalue weighted by molar-refractivity contribution is 6.15. The number of aryl methyl sites for hydroxylation is 2. The lowest BCUT2D eigenvalue weighted by atomic mass is 9.83. The minimum Gasteiger partial charge on any atom is -0.507 e. The first-order valence-corrected chi connectivity index (χ1v) is 19.5. The number of nitrogens with one attached hydrogen (secondary N) is 2. The first kappa shape index (κ1) is 40.5. The zero-order valence-corrected chi connectivity index (χ0v) is 34.4. The van der Waals surface area contributed by atoms with Crippen molar-refractivity contribution in [3.05, 3.63) is 106 Å². The van der Waals surface area contributed by atoms with Crippen molar-refractivity contribution in [1.29, 1.82) is 0 Å². The standard InChI is InChI=1S/C44H42N12O6/c1-21(2)31-27-17-23(5)33(39(59)35(27)29(37(57)41(31)61)19-45-47-43-49-51-53-55(43)25-13-9-7-10-14-25)34-24(6)18-28-32(22(3)4)42(62)38(58)30(36(28)40(34)60)20-46-48-44-50-52-54-56(44)26-15-11-8-12-16-26/h7-22,57-62H,1-6H3,(H,47,49,53)(H,48,50,54)/b45-19+,46-20+. The smallest absolute Gasteiger partial charge is 0.268 e. The molecule has 18 nitrogen and oxygen atoms in total. The van der Waals surface area contributed by atoms with Crippen LogP contribution in [0.5, 0.6) is 34.5 Å². The summed E-state index contributed by atoms with van der Waals surface area (Å²) < 4.78 is 2.84. The molecule has 0 fully saturated rings. The normalized spacial score (nSPS) is 11.9. The second-order valence-corrected chi connectivity index (χ2v) is 15.3. The molecule has 0 atom stereocenters. The van der Waals surface area contributed by atoms with E-state index in [0.29, 0.717) is 44.4 Å². The monoisotopic (exact) mass is 834 g/mol. The SMILES string of the molecule is Cc1cc2c(C(C)C)c(O)c(O)c(/C=N/Nc3nnnn3-c3ccccc3)c2c(O)c1-c1c(C)cc2c(C(C)C)c(O)c(O)c(/C=N/Nc3nnnn3-c3ccccc3)c2c1O. The van der Waals surface area contributed by atoms with E-state index in [2.05, 4.69) is 52.1 Å². The molecule has 8 rings (SSSR count). The lowest BCUT2D eigenvalue weighted by Crippen LogP contribution is -2.04. The fourth-order valence-corrected chi connectivity index (χ4v) is 7.93. The molecule has 0 radical (unpaired) electrons. The number of nitrogens with zero attached hydrogens (tertiary/aromatic N) is 10. The van der Waals surface area contributed by atoms with Crippen LogP contribution >= 0.6 is 0 Å². The zero-order valence-electron chi connectivity index (χ0n) is 34.4. The quantitative estimate of drug-likeness (QED) is 0.0355. The molecular formula is C44H42N12O6. The predicted octanol–water partition coefficient (Wildman–Crippen LogP) is 7.60. The molecule has 0 unspecified atom stereocenters. The van der Waals surface area contributed by atoms with E-state index in [4.69, 9.17) is 0 Å². The molecule has 0 bridgehead atoms. The number of benzene rings is 6. The van der Waals surface area contributed by atoms with Crippen LogP contribution in [0.4, 0.5) is 11.9 Å². The van der Waals surface area contributed by atoms with Gasteiger partial charge in [-0.2, -0.15) is 19.6 Å². The average molecular weight is 835 g/mol. The van der Waals surface area contributed by atoms with Gasteiger partial charge < -0.3 is 30.6 Å². The molecule has 0 amide bonds. The Labute approximate surface area is 353 Å². The van der Waals surface area contributed by atoms with Crippen LogP contribution < -0.4 is 10.9 Å². The summed E-state index contributed by atoms with van der Waals surface area (Å²) in [5.41, 5.74) is 8.99. The van der Waals surface area contributed by atoms with E-state index >= 15 is 0 Å². The third kappa shape index (κ3) is 6.82. The Morgan fingerprint density at radius 1 is 0.532 bits per heavy atom. The Bertz CT molecular complexity index is 2860. The third-order valence-corrected chi connectivity index (χ3v) is 10.6. The lowest BCUT2D eigenvalue weighted by molar-refractivity contribution is 0.398. The van der Waals surface area contributed by atoms with Crippen molar-refractivity contribution in [1.82, 2.24) is 40.4 Å². The molecule has 2 aromatic heterocycles. The van der Waals surface area contributed by atoms with Crippen molar-refractivity contribution in [3.63, 3.8) is 0 Å². The number of aromatic hydroxyl groups is 6. The molecule has 0 saturated heterocycles. The molecule has 0 spiro atoms. The van der Waals surface area contributed by atoms with E-state index in [0.717, 1.165) is 0 Å². The van der Waals surface area contributed by atoms with Crippen LogP contribution in [0.2, 0.25) is 0 Å². The summed E-state index contributed by atoms with van der Waals surface area (Å²) in [7, 11) is 0. The Morgan fingerprint density at radius 3 is 1.26 bits per heavy atom. The first-order valence-electron chi connectivity index (χ1n) is 19.5. The minimum atomic E-state index is -0.537. The molecule has 8 N–H and O–H groups in total. The molecule has 0 aliphatic rings. The van der Waals surface area contributed by atoms with E-state index in [9.17, 15) is 30.6 Å². The predicted molar refractivity (Wildman–Crippen MR) is 235 cm³/mol. The van der Waals surface area contributed by atoms with Gasteiger partial charge in [0, 0.05) is 33.0 Å². The highest BCUT2D eigenvalue weighted by Crippen LogP contribution is 2.54. The van der Waals surface area contributed by atoms with Gasteiger partial charge in [0.2, 0.25) is 0 Å². The number of para-hydroxylation sites is 2. The number of fused-ring (bicyclic) bond motifs is 2. The second kappa shape index (κ2) is 16.1. The van der Waals surface area contributed by atoms with Gasteiger partial charge >= 0.3 is 0 Å². The summed E-state index contributed by atoms with van der Waals surface area (Å²) >= 11 is 0. The summed E-state index contributed by atoms with van der Waals surface area (Å²) in [6.45, 7) is 10.9. The average Bonchev–Trinajstić information content (AvgIpc) is 3.92. The second-order valence-electron chi connectivity index (χ2n) is 15.3. The Balaban J connectivity index is 1.31. The highest BCUT2D eigenvalue weighted by Gasteiger charge is 2.30. The van der Waals surface area contributed by atoms with E-state index in [-0.39, 0.29) is 79.8 Å². The molecule has 0 aliphatic heterocycles. The van der Waals surface area contributed by atoms with E-state index in [1.807, 2.05) is 64.1 Å². The molecule has 0 saturated carbocycles. The third-order valence-electron chi connectivity index (χ3n) is 10.6. The zero-order chi connectivity index (χ0) is 44.0. The summed E-state index contributed by atoms with van der Waals surface area (Å²) in [6, 6.07) is 21.8. The number of phenols is 6. The largest absolute Gasteiger partial charge is 0.507 e. The lowest BCUT2D eigenvalue weighted by Gasteiger charge is -2.23. The molecular weight excluding hydrogens is 793 g/mol. The van der Waals surface area contributed by atoms with E-state index in [1.165, 1.54) is 21.8 Å². The van der Waals surface area contributed by atoms with Gasteiger partial charge in [0.1, 0.15) is 11.5 Å². The van der Waals surface area contributed by atoms with Crippen LogP contribution in [0.1, 0.15) is 72.9 Å². The van der Waals surface area contributed by atoms with E-state index in [1.54, 1.807) is 50.2 Å². The van der Waals surface area contributed by atoms with Crippen LogP contribution in [0, 0.1) is 13.8 Å². The van der Waals surface area contributed by atoms with Gasteiger partial charge in [0.15, 0.2) is 23.0 Å². The number of aromatic nitrogens is 8. The minimum absolute atomic E-state index is 0.0359. The van der Waals surface area contributed by atoms with Crippen molar-refractivity contribution in [2.45, 2.75) is 53.4 Å². The van der Waals surface area contributed by atoms with Gasteiger partial charge in [-0.3, -0.25) is 0 Å². The molecule has 6 aromatic carbocycles. The van der Waals surface area contributed by atoms with Crippen molar-refractivity contribution >= 4 is 45.9 Å². The molecule has 18 heteroatoms. The molecule has 8 aromatic rings. The van der Waals surface area contributed by atoms with Gasteiger partial charge in [-0.1, -0.05) is 86.4 Å². The summed E-state index contributed by atoms with van der Waals surface area (Å²) in [5, 5.41) is 104. The van der Waals surface area contributed by atoms with Crippen LogP contribution in [0.3, 0.4) is 0 Å². The van der Waals surface area contributed by atoms with Gasteiger partial charge in [-0.15, -0.1) is 0 Å². The topological polar surface area (TPSA) is 257 Å². The number of hydrazone groups is 2. The maximum atomic E-state index is 12.5. The molecule has 0 aliphatic carbocycles. The van der Waals surface area contributed by atoms with Crippen LogP contribution in [0.25, 0.3) is 44.0 Å². The van der Waals surface area contributed by atoms with Gasteiger partial charge in [0.25, 0.3) is 11.9 Å². The Hall–Kier alpha value is -8.28. The van der Waals surface area contributed by atoms with Crippen LogP contribution in [0.15, 0.2) is 83.0 Å². The maximum Gasteiger partial charge on any atom is 0.268 e. The van der Waals surface area contributed by atoms with Crippen molar-refractivity contribution in [2.24, 2.45) is 10.2 Å². The Morgan fingerprint density at radius 2 is 0.903 bits per heavy atom. The summed E-state index contributed by atoms with van der Waals surface area (Å²) in [4.78, 5) is 0. The molecule has 62 heavy (non-hydrogen) atoms. The Kier molecular flexibility index (Phi) is 10.5. The number of rotatable bonds is 11. The van der Waals surface area contributed by atoms with Crippen molar-refractivity contribution in [3.8, 4) is 57.0 Å².